The van der Waals surface area contributed by atoms with Gasteiger partial charge < -0.3 is 14.4 Å². The van der Waals surface area contributed by atoms with Crippen molar-refractivity contribution >= 4 is 17.7 Å². The predicted molar refractivity (Wildman–Crippen MR) is 95.5 cm³/mol. The van der Waals surface area contributed by atoms with Gasteiger partial charge >= 0.3 is 0 Å². The molecule has 7 nitrogen and oxygen atoms in total. The van der Waals surface area contributed by atoms with Gasteiger partial charge in [0.15, 0.2) is 0 Å². The van der Waals surface area contributed by atoms with Crippen LogP contribution in [0.5, 0.6) is 5.75 Å². The number of amides is 1. The maximum atomic E-state index is 12.0. The number of carbonyl (C=O) groups is 1. The van der Waals surface area contributed by atoms with Gasteiger partial charge in [-0.15, -0.1) is 16.9 Å². The third-order valence-corrected chi connectivity index (χ3v) is 5.12. The summed E-state index contributed by atoms with van der Waals surface area (Å²) >= 11 is 1.58. The Labute approximate surface area is 151 Å². The van der Waals surface area contributed by atoms with Crippen LogP contribution in [0.4, 0.5) is 0 Å². The van der Waals surface area contributed by atoms with Crippen LogP contribution in [0.15, 0.2) is 30.5 Å². The van der Waals surface area contributed by atoms with Gasteiger partial charge in [-0.2, -0.15) is 0 Å². The average Bonchev–Trinajstić information content (AvgIpc) is 3.21. The average molecular weight is 362 g/mol. The fourth-order valence-electron chi connectivity index (χ4n) is 2.68. The molecule has 0 aliphatic carbocycles. The van der Waals surface area contributed by atoms with E-state index in [1.807, 2.05) is 37.4 Å². The minimum Gasteiger partial charge on any atom is -0.494 e. The molecular formula is C17H22N4O3S. The molecule has 1 amide bonds. The zero-order valence-electron chi connectivity index (χ0n) is 14.4. The molecule has 0 spiro atoms. The van der Waals surface area contributed by atoms with Crippen LogP contribution >= 0.6 is 11.8 Å². The summed E-state index contributed by atoms with van der Waals surface area (Å²) in [5.41, 5.74) is 1.92. The Balaban J connectivity index is 1.66. The topological polar surface area (TPSA) is 69.5 Å². The van der Waals surface area contributed by atoms with Gasteiger partial charge in [0, 0.05) is 13.7 Å². The summed E-state index contributed by atoms with van der Waals surface area (Å²) in [7, 11) is 1.63. The van der Waals surface area contributed by atoms with Gasteiger partial charge in [-0.1, -0.05) is 17.3 Å². The Morgan fingerprint density at radius 1 is 1.32 bits per heavy atom. The first-order valence-corrected chi connectivity index (χ1v) is 9.28. The monoisotopic (exact) mass is 362 g/mol. The van der Waals surface area contributed by atoms with Crippen molar-refractivity contribution in [3.63, 3.8) is 0 Å². The highest BCUT2D eigenvalue weighted by atomic mass is 32.2. The number of nitrogens with zero attached hydrogens (tertiary/aromatic N) is 4. The van der Waals surface area contributed by atoms with Gasteiger partial charge in [0.1, 0.15) is 16.8 Å². The number of hydrogen-bond donors (Lipinski definition) is 0. The van der Waals surface area contributed by atoms with Crippen LogP contribution in [0.3, 0.4) is 0 Å². The fraction of sp³-hybridized carbons (Fsp3) is 0.471. The smallest absolute Gasteiger partial charge is 0.233 e. The third-order valence-electron chi connectivity index (χ3n) is 3.89. The standard InChI is InChI=1S/C17H22N4O3S/c1-3-24-14-6-4-13(5-7-14)10-20-11-15(18-19-20)17-21(8-9-23-2)16(22)12-25-17/h4-7,11,17H,3,8-10,12H2,1-2H3/t17-/m0/s1. The number of carbonyl (C=O) groups excluding carboxylic acids is 1. The highest BCUT2D eigenvalue weighted by molar-refractivity contribution is 8.00. The second-order valence-corrected chi connectivity index (χ2v) is 6.73. The number of thioether (sulfide) groups is 1. The molecule has 0 N–H and O–H groups in total. The van der Waals surface area contributed by atoms with Gasteiger partial charge in [-0.05, 0) is 24.6 Å². The van der Waals surface area contributed by atoms with E-state index >= 15 is 0 Å². The van der Waals surface area contributed by atoms with E-state index in [-0.39, 0.29) is 11.3 Å². The molecule has 1 aromatic heterocycles. The first kappa shape index (κ1) is 17.8. The Hall–Kier alpha value is -2.06. The fourth-order valence-corrected chi connectivity index (χ4v) is 3.83. The van der Waals surface area contributed by atoms with E-state index in [1.165, 1.54) is 0 Å². The summed E-state index contributed by atoms with van der Waals surface area (Å²) in [6.07, 6.45) is 1.91. The Bertz CT molecular complexity index is 704. The molecule has 1 atom stereocenters. The van der Waals surface area contributed by atoms with Crippen molar-refractivity contribution in [2.75, 3.05) is 32.6 Å². The van der Waals surface area contributed by atoms with Crippen molar-refractivity contribution in [3.05, 3.63) is 41.7 Å². The van der Waals surface area contributed by atoms with Gasteiger partial charge in [-0.3, -0.25) is 4.79 Å². The molecule has 1 aliphatic rings. The van der Waals surface area contributed by atoms with Crippen molar-refractivity contribution in [1.82, 2.24) is 19.9 Å². The lowest BCUT2D eigenvalue weighted by Crippen LogP contribution is -2.31. The second kappa shape index (κ2) is 8.35. The van der Waals surface area contributed by atoms with E-state index in [2.05, 4.69) is 10.3 Å². The van der Waals surface area contributed by atoms with Gasteiger partial charge in [-0.25, -0.2) is 4.68 Å². The Morgan fingerprint density at radius 2 is 2.12 bits per heavy atom. The van der Waals surface area contributed by atoms with Crippen molar-refractivity contribution < 1.29 is 14.3 Å². The molecule has 3 rings (SSSR count). The summed E-state index contributed by atoms with van der Waals surface area (Å²) in [5.74, 6) is 1.45. The molecule has 1 aromatic carbocycles. The van der Waals surface area contributed by atoms with Gasteiger partial charge in [0.05, 0.1) is 31.7 Å². The molecule has 0 bridgehead atoms. The number of rotatable bonds is 8. The lowest BCUT2D eigenvalue weighted by molar-refractivity contribution is -0.128. The lowest BCUT2D eigenvalue weighted by atomic mass is 10.2. The Morgan fingerprint density at radius 3 is 2.84 bits per heavy atom. The summed E-state index contributed by atoms with van der Waals surface area (Å²) in [6, 6.07) is 7.94. The van der Waals surface area contributed by atoms with Crippen molar-refractivity contribution in [1.29, 1.82) is 0 Å². The molecule has 1 aliphatic heterocycles. The first-order chi connectivity index (χ1) is 12.2. The summed E-state index contributed by atoms with van der Waals surface area (Å²) < 4.78 is 12.3. The molecule has 0 radical (unpaired) electrons. The van der Waals surface area contributed by atoms with E-state index in [1.54, 1.807) is 28.5 Å². The summed E-state index contributed by atoms with van der Waals surface area (Å²) in [6.45, 7) is 4.33. The predicted octanol–water partition coefficient (Wildman–Crippen LogP) is 1.95. The van der Waals surface area contributed by atoms with Crippen LogP contribution in [-0.2, 0) is 16.1 Å². The number of aromatic nitrogens is 3. The van der Waals surface area contributed by atoms with Crippen LogP contribution in [0.2, 0.25) is 0 Å². The van der Waals surface area contributed by atoms with Crippen LogP contribution in [0.1, 0.15) is 23.6 Å². The molecule has 1 saturated heterocycles. The molecule has 1 fully saturated rings. The summed E-state index contributed by atoms with van der Waals surface area (Å²) in [4.78, 5) is 13.8. The second-order valence-electron chi connectivity index (χ2n) is 5.66. The van der Waals surface area contributed by atoms with E-state index in [0.717, 1.165) is 17.0 Å². The van der Waals surface area contributed by atoms with E-state index in [4.69, 9.17) is 9.47 Å². The van der Waals surface area contributed by atoms with Crippen LogP contribution in [-0.4, -0.2) is 58.4 Å². The normalized spacial score (nSPS) is 17.3. The van der Waals surface area contributed by atoms with Crippen molar-refractivity contribution in [2.45, 2.75) is 18.8 Å². The molecule has 134 valence electrons. The minimum atomic E-state index is -0.0864. The number of hydrogen-bond acceptors (Lipinski definition) is 6. The Kier molecular flexibility index (Phi) is 5.93. The van der Waals surface area contributed by atoms with Crippen LogP contribution in [0.25, 0.3) is 0 Å². The first-order valence-electron chi connectivity index (χ1n) is 8.23. The maximum absolute atomic E-state index is 12.0. The van der Waals surface area contributed by atoms with E-state index in [0.29, 0.717) is 32.1 Å². The maximum Gasteiger partial charge on any atom is 0.233 e. The summed E-state index contributed by atoms with van der Waals surface area (Å²) in [5, 5.41) is 8.39. The molecule has 2 aromatic rings. The highest BCUT2D eigenvalue weighted by Gasteiger charge is 2.34. The molecule has 0 unspecified atom stereocenters. The minimum absolute atomic E-state index is 0.0864. The van der Waals surface area contributed by atoms with E-state index in [9.17, 15) is 4.79 Å². The SMILES string of the molecule is CCOc1ccc(Cn2cc([C@@H]3SCC(=O)N3CCOC)nn2)cc1. The zero-order chi connectivity index (χ0) is 17.6. The molecule has 8 heteroatoms. The number of methoxy groups -OCH3 is 1. The highest BCUT2D eigenvalue weighted by Crippen LogP contribution is 2.37. The third kappa shape index (κ3) is 4.32. The van der Waals surface area contributed by atoms with Crippen LogP contribution < -0.4 is 4.74 Å². The molecular weight excluding hydrogens is 340 g/mol. The van der Waals surface area contributed by atoms with Gasteiger partial charge in [0.2, 0.25) is 5.91 Å². The lowest BCUT2D eigenvalue weighted by Gasteiger charge is -2.21. The van der Waals surface area contributed by atoms with Crippen LogP contribution in [0, 0.1) is 0 Å². The number of benzene rings is 1. The van der Waals surface area contributed by atoms with Gasteiger partial charge in [0.25, 0.3) is 0 Å². The van der Waals surface area contributed by atoms with Crippen molar-refractivity contribution in [2.24, 2.45) is 0 Å². The number of ether oxygens (including phenoxy) is 2. The quantitative estimate of drug-likeness (QED) is 0.715. The van der Waals surface area contributed by atoms with E-state index < -0.39 is 0 Å². The molecule has 0 saturated carbocycles. The molecule has 25 heavy (non-hydrogen) atoms. The largest absolute Gasteiger partial charge is 0.494 e. The zero-order valence-corrected chi connectivity index (χ0v) is 15.2. The van der Waals surface area contributed by atoms with Crippen molar-refractivity contribution in [3.8, 4) is 5.75 Å². The molecule has 2 heterocycles.